The van der Waals surface area contributed by atoms with E-state index < -0.39 is 18.3 Å². The fourth-order valence-corrected chi connectivity index (χ4v) is 4.20. The van der Waals surface area contributed by atoms with Crippen molar-refractivity contribution >= 4 is 11.7 Å². The summed E-state index contributed by atoms with van der Waals surface area (Å²) >= 11 is 0. The van der Waals surface area contributed by atoms with Crippen molar-refractivity contribution in [3.05, 3.63) is 53.4 Å². The molecule has 4 heterocycles. The molecule has 1 N–H and O–H groups in total. The average Bonchev–Trinajstić information content (AvgIpc) is 2.98. The zero-order valence-electron chi connectivity index (χ0n) is 20.7. The van der Waals surface area contributed by atoms with Gasteiger partial charge in [0.15, 0.2) is 0 Å². The van der Waals surface area contributed by atoms with Gasteiger partial charge in [0.25, 0.3) is 0 Å². The summed E-state index contributed by atoms with van der Waals surface area (Å²) in [6.45, 7) is 1.19. The Kier molecular flexibility index (Phi) is 8.04. The van der Waals surface area contributed by atoms with Crippen LogP contribution in [0.3, 0.4) is 0 Å². The number of aryl methyl sites for hydroxylation is 2. The molecule has 1 amide bonds. The number of nitrogens with one attached hydrogen (secondary N) is 1. The summed E-state index contributed by atoms with van der Waals surface area (Å²) in [4.78, 5) is 31.6. The normalized spacial score (nSPS) is 14.6. The van der Waals surface area contributed by atoms with Crippen LogP contribution in [-0.2, 0) is 11.2 Å². The van der Waals surface area contributed by atoms with Crippen molar-refractivity contribution in [1.82, 2.24) is 24.8 Å². The predicted octanol–water partition coefficient (Wildman–Crippen LogP) is 4.33. The molecule has 4 rings (SSSR count). The third-order valence-corrected chi connectivity index (χ3v) is 6.19. The van der Waals surface area contributed by atoms with Crippen LogP contribution in [0.15, 0.2) is 30.7 Å². The van der Waals surface area contributed by atoms with Crippen molar-refractivity contribution < 1.29 is 27.4 Å². The van der Waals surface area contributed by atoms with Crippen molar-refractivity contribution in [3.8, 4) is 23.0 Å². The second-order valence-corrected chi connectivity index (χ2v) is 8.61. The molecule has 12 heteroatoms. The number of hydrogen-bond donors (Lipinski definition) is 1. The number of rotatable bonds is 6. The van der Waals surface area contributed by atoms with Crippen molar-refractivity contribution in [2.24, 2.45) is 0 Å². The lowest BCUT2D eigenvalue weighted by Crippen LogP contribution is -2.39. The van der Waals surface area contributed by atoms with Gasteiger partial charge in [0, 0.05) is 29.4 Å². The molecule has 37 heavy (non-hydrogen) atoms. The maximum Gasteiger partial charge on any atom is 0.388 e. The molecule has 3 aromatic heterocycles. The first kappa shape index (κ1) is 26.1. The minimum Gasteiger partial charge on any atom is -0.481 e. The highest BCUT2D eigenvalue weighted by atomic mass is 19.3. The maximum absolute atomic E-state index is 14.4. The van der Waals surface area contributed by atoms with E-state index in [0.717, 1.165) is 36.4 Å². The van der Waals surface area contributed by atoms with Gasteiger partial charge in [-0.3, -0.25) is 4.79 Å². The van der Waals surface area contributed by atoms with Gasteiger partial charge in [-0.2, -0.15) is 8.78 Å². The third kappa shape index (κ3) is 6.07. The molecule has 1 atom stereocenters. The van der Waals surface area contributed by atoms with Crippen molar-refractivity contribution in [3.63, 3.8) is 0 Å². The lowest BCUT2D eigenvalue weighted by atomic mass is 10.00. The standard InChI is InChI=1S/C25H27F3N6O3/c1-14(17-9-21(36-3)30-10-19(17)26)24(35)34-7-5-4-6-16-8-18(15(2)33-23(16)32-13-34)20-11-31-22(12-29-20)37-25(27)28/h8-12,14,25H,4-7,13H2,1-3H3,(H,32,33)/t14-/m1/s1. The molecule has 0 fully saturated rings. The molecule has 3 aromatic rings. The SMILES string of the molecule is COc1cc([C@@H](C)C(=O)N2CCCCc3cc(-c4cnc(OC(F)F)cn4)c(C)nc3NC2)c(F)cn1. The third-order valence-electron chi connectivity index (χ3n) is 6.19. The predicted molar refractivity (Wildman–Crippen MR) is 129 cm³/mol. The molecule has 0 unspecified atom stereocenters. The Hall–Kier alpha value is -3.96. The summed E-state index contributed by atoms with van der Waals surface area (Å²) in [7, 11) is 1.43. The van der Waals surface area contributed by atoms with Gasteiger partial charge < -0.3 is 19.7 Å². The maximum atomic E-state index is 14.4. The monoisotopic (exact) mass is 516 g/mol. The Balaban J connectivity index is 1.53. The molecule has 0 bridgehead atoms. The zero-order valence-corrected chi connectivity index (χ0v) is 20.7. The number of anilines is 1. The molecule has 1 aliphatic heterocycles. The van der Waals surface area contributed by atoms with Gasteiger partial charge in [-0.1, -0.05) is 0 Å². The minimum atomic E-state index is -2.98. The molecule has 0 saturated heterocycles. The zero-order chi connectivity index (χ0) is 26.5. The number of aromatic nitrogens is 4. The van der Waals surface area contributed by atoms with Crippen LogP contribution in [0, 0.1) is 12.7 Å². The van der Waals surface area contributed by atoms with Gasteiger partial charge in [-0.05, 0) is 44.7 Å². The lowest BCUT2D eigenvalue weighted by molar-refractivity contribution is -0.132. The number of alkyl halides is 2. The quantitative estimate of drug-likeness (QED) is 0.517. The average molecular weight is 517 g/mol. The minimum absolute atomic E-state index is 0.200. The summed E-state index contributed by atoms with van der Waals surface area (Å²) in [5, 5.41) is 3.25. The first-order valence-electron chi connectivity index (χ1n) is 11.8. The number of hydrogen-bond acceptors (Lipinski definition) is 8. The van der Waals surface area contributed by atoms with E-state index in [4.69, 9.17) is 4.74 Å². The van der Waals surface area contributed by atoms with E-state index in [0.29, 0.717) is 30.2 Å². The summed E-state index contributed by atoms with van der Waals surface area (Å²) in [6, 6.07) is 3.39. The number of amides is 1. The number of pyridine rings is 2. The Morgan fingerprint density at radius 3 is 2.59 bits per heavy atom. The van der Waals surface area contributed by atoms with Gasteiger partial charge in [0.05, 0.1) is 44.0 Å². The first-order valence-corrected chi connectivity index (χ1v) is 11.8. The molecular weight excluding hydrogens is 489 g/mol. The topological polar surface area (TPSA) is 102 Å². The smallest absolute Gasteiger partial charge is 0.388 e. The number of carbonyl (C=O) groups excluding carboxylic acids is 1. The summed E-state index contributed by atoms with van der Waals surface area (Å²) < 4.78 is 48.6. The molecule has 9 nitrogen and oxygen atoms in total. The Morgan fingerprint density at radius 1 is 1.11 bits per heavy atom. The van der Waals surface area contributed by atoms with Crippen LogP contribution in [0.25, 0.3) is 11.3 Å². The molecule has 196 valence electrons. The Bertz CT molecular complexity index is 1260. The lowest BCUT2D eigenvalue weighted by Gasteiger charge is -2.26. The van der Waals surface area contributed by atoms with E-state index >= 15 is 0 Å². The summed E-state index contributed by atoms with van der Waals surface area (Å²) in [5.74, 6) is -0.909. The summed E-state index contributed by atoms with van der Waals surface area (Å²) in [6.07, 6.45) is 5.81. The molecule has 0 aromatic carbocycles. The number of methoxy groups -OCH3 is 1. The fourth-order valence-electron chi connectivity index (χ4n) is 4.20. The van der Waals surface area contributed by atoms with Gasteiger partial charge in [-0.25, -0.2) is 24.3 Å². The Labute approximate surface area is 212 Å². The van der Waals surface area contributed by atoms with Crippen molar-refractivity contribution in [2.45, 2.75) is 45.6 Å². The van der Waals surface area contributed by atoms with Crippen LogP contribution in [0.1, 0.15) is 42.5 Å². The fraction of sp³-hybridized carbons (Fsp3) is 0.400. The Morgan fingerprint density at radius 2 is 1.89 bits per heavy atom. The van der Waals surface area contributed by atoms with Gasteiger partial charge >= 0.3 is 6.61 Å². The summed E-state index contributed by atoms with van der Waals surface area (Å²) in [5.41, 5.74) is 3.01. The van der Waals surface area contributed by atoms with Crippen LogP contribution in [0.4, 0.5) is 19.0 Å². The molecule has 0 saturated carbocycles. The van der Waals surface area contributed by atoms with E-state index in [1.165, 1.54) is 19.4 Å². The number of halogens is 3. The van der Waals surface area contributed by atoms with E-state index in [2.05, 4.69) is 30.0 Å². The van der Waals surface area contributed by atoms with Gasteiger partial charge in [-0.15, -0.1) is 0 Å². The van der Waals surface area contributed by atoms with Crippen LogP contribution in [0.2, 0.25) is 0 Å². The number of nitrogens with zero attached hydrogens (tertiary/aromatic N) is 5. The largest absolute Gasteiger partial charge is 0.481 e. The molecule has 1 aliphatic rings. The van der Waals surface area contributed by atoms with E-state index in [1.807, 2.05) is 6.07 Å². The molecule has 0 spiro atoms. The van der Waals surface area contributed by atoms with Gasteiger partial charge in [0.2, 0.25) is 17.7 Å². The van der Waals surface area contributed by atoms with Crippen LogP contribution in [0.5, 0.6) is 11.8 Å². The molecule has 0 radical (unpaired) electrons. The van der Waals surface area contributed by atoms with E-state index in [9.17, 15) is 18.0 Å². The van der Waals surface area contributed by atoms with Crippen molar-refractivity contribution in [2.75, 3.05) is 25.6 Å². The number of carbonyl (C=O) groups is 1. The first-order chi connectivity index (χ1) is 17.8. The molecular formula is C25H27F3N6O3. The number of ether oxygens (including phenoxy) is 2. The van der Waals surface area contributed by atoms with Crippen molar-refractivity contribution in [1.29, 1.82) is 0 Å². The highest BCUT2D eigenvalue weighted by Gasteiger charge is 2.26. The second kappa shape index (κ2) is 11.4. The van der Waals surface area contributed by atoms with Crippen LogP contribution < -0.4 is 14.8 Å². The number of fused-ring (bicyclic) bond motifs is 1. The highest BCUT2D eigenvalue weighted by Crippen LogP contribution is 2.29. The highest BCUT2D eigenvalue weighted by molar-refractivity contribution is 5.83. The second-order valence-electron chi connectivity index (χ2n) is 8.61. The van der Waals surface area contributed by atoms with Gasteiger partial charge in [0.1, 0.15) is 11.6 Å². The van der Waals surface area contributed by atoms with Crippen LogP contribution >= 0.6 is 0 Å². The molecule has 0 aliphatic carbocycles. The van der Waals surface area contributed by atoms with E-state index in [-0.39, 0.29) is 29.9 Å². The van der Waals surface area contributed by atoms with E-state index in [1.54, 1.807) is 18.7 Å². The van der Waals surface area contributed by atoms with Crippen LogP contribution in [-0.4, -0.2) is 57.7 Å².